The average Bonchev–Trinajstić information content (AvgIpc) is 2.35. The van der Waals surface area contributed by atoms with E-state index < -0.39 is 0 Å². The van der Waals surface area contributed by atoms with E-state index in [0.717, 1.165) is 4.90 Å². The lowest BCUT2D eigenvalue weighted by Gasteiger charge is -2.21. The third-order valence-corrected chi connectivity index (χ3v) is 3.11. The van der Waals surface area contributed by atoms with Crippen LogP contribution in [0.3, 0.4) is 0 Å². The van der Waals surface area contributed by atoms with Gasteiger partial charge in [0.25, 0.3) is 11.8 Å². The zero-order chi connectivity index (χ0) is 17.6. The van der Waals surface area contributed by atoms with Crippen molar-refractivity contribution in [3.8, 4) is 5.75 Å². The predicted octanol–water partition coefficient (Wildman–Crippen LogP) is 0.717. The summed E-state index contributed by atoms with van der Waals surface area (Å²) < 4.78 is 5.18. The van der Waals surface area contributed by atoms with Crippen molar-refractivity contribution >= 4 is 29.1 Å². The highest BCUT2D eigenvalue weighted by Crippen LogP contribution is 2.27. The van der Waals surface area contributed by atoms with Crippen molar-refractivity contribution in [1.82, 2.24) is 5.32 Å². The quantitative estimate of drug-likeness (QED) is 0.713. The van der Waals surface area contributed by atoms with Crippen molar-refractivity contribution in [2.24, 2.45) is 0 Å². The molecule has 0 bridgehead atoms. The number of amides is 2. The third kappa shape index (κ3) is 7.34. The molecule has 1 aromatic carbocycles. The minimum absolute atomic E-state index is 0.0943. The number of hydrogen-bond donors (Lipinski definition) is 3. The molecule has 0 radical (unpaired) electrons. The molecule has 2 amide bonds. The van der Waals surface area contributed by atoms with Crippen LogP contribution in [0, 0.1) is 0 Å². The van der Waals surface area contributed by atoms with Crippen LogP contribution in [-0.2, 0) is 9.59 Å². The molecule has 6 nitrogen and oxygen atoms in total. The van der Waals surface area contributed by atoms with Gasteiger partial charge in [0.15, 0.2) is 13.1 Å². The number of carbonyl (C=O) groups is 2. The molecular weight excluding hydrogens is 318 g/mol. The molecule has 128 valence electrons. The first-order valence-corrected chi connectivity index (χ1v) is 7.74. The molecule has 0 aliphatic rings. The molecule has 0 aliphatic carbocycles. The van der Waals surface area contributed by atoms with Gasteiger partial charge in [-0.3, -0.25) is 9.59 Å². The van der Waals surface area contributed by atoms with E-state index >= 15 is 0 Å². The van der Waals surface area contributed by atoms with E-state index in [2.05, 4.69) is 10.6 Å². The number of quaternary nitrogens is 1. The predicted molar refractivity (Wildman–Crippen MR) is 91.2 cm³/mol. The summed E-state index contributed by atoms with van der Waals surface area (Å²) in [7, 11) is 3.31. The number of anilines is 1. The summed E-state index contributed by atoms with van der Waals surface area (Å²) in [5.41, 5.74) is 0.227. The van der Waals surface area contributed by atoms with Gasteiger partial charge in [0.05, 0.1) is 19.8 Å². The molecule has 0 fully saturated rings. The van der Waals surface area contributed by atoms with E-state index in [4.69, 9.17) is 16.3 Å². The number of nitrogens with one attached hydrogen (secondary N) is 3. The van der Waals surface area contributed by atoms with Gasteiger partial charge in [-0.15, -0.1) is 0 Å². The van der Waals surface area contributed by atoms with Crippen molar-refractivity contribution < 1.29 is 19.2 Å². The highest BCUT2D eigenvalue weighted by Gasteiger charge is 2.19. The lowest BCUT2D eigenvalue weighted by atomic mass is 10.1. The Morgan fingerprint density at radius 1 is 1.22 bits per heavy atom. The minimum atomic E-state index is -0.284. The maximum atomic E-state index is 12.1. The minimum Gasteiger partial charge on any atom is -0.495 e. The van der Waals surface area contributed by atoms with E-state index in [1.165, 1.54) is 7.11 Å². The molecule has 0 aromatic heterocycles. The maximum Gasteiger partial charge on any atom is 0.279 e. The normalized spacial score (nSPS) is 12.4. The smallest absolute Gasteiger partial charge is 0.279 e. The molecule has 1 atom stereocenters. The Hall–Kier alpha value is -1.79. The molecule has 0 saturated carbocycles. The van der Waals surface area contributed by atoms with Gasteiger partial charge >= 0.3 is 0 Å². The van der Waals surface area contributed by atoms with Crippen LogP contribution in [0.25, 0.3) is 0 Å². The van der Waals surface area contributed by atoms with Gasteiger partial charge in [-0.1, -0.05) is 11.6 Å². The van der Waals surface area contributed by atoms with E-state index in [1.54, 1.807) is 25.2 Å². The molecule has 0 aliphatic heterocycles. The number of carbonyl (C=O) groups excluding carboxylic acids is 2. The zero-order valence-electron chi connectivity index (χ0n) is 14.2. The molecule has 7 heteroatoms. The Morgan fingerprint density at radius 2 is 1.83 bits per heavy atom. The van der Waals surface area contributed by atoms with Crippen LogP contribution < -0.4 is 20.3 Å². The second-order valence-corrected chi connectivity index (χ2v) is 6.94. The van der Waals surface area contributed by atoms with Gasteiger partial charge in [-0.2, -0.15) is 0 Å². The van der Waals surface area contributed by atoms with Gasteiger partial charge in [0.2, 0.25) is 0 Å². The molecule has 1 aromatic rings. The van der Waals surface area contributed by atoms with Gasteiger partial charge < -0.3 is 20.3 Å². The highest BCUT2D eigenvalue weighted by molar-refractivity contribution is 6.31. The topological polar surface area (TPSA) is 71.9 Å². The van der Waals surface area contributed by atoms with Crippen LogP contribution in [0.2, 0.25) is 5.02 Å². The Balaban J connectivity index is 2.56. The van der Waals surface area contributed by atoms with Crippen LogP contribution >= 0.6 is 11.6 Å². The fraction of sp³-hybridized carbons (Fsp3) is 0.500. The summed E-state index contributed by atoms with van der Waals surface area (Å²) in [6, 6.07) is 5.00. The maximum absolute atomic E-state index is 12.1. The summed E-state index contributed by atoms with van der Waals surface area (Å²) >= 11 is 5.93. The SMILES string of the molecule is COc1ccc(Cl)cc1NC(=O)C[NH+](C)CC(=O)NC(C)(C)C. The number of likely N-dealkylation sites (N-methyl/N-ethyl adjacent to an activating group) is 1. The summed E-state index contributed by atoms with van der Waals surface area (Å²) in [6.45, 7) is 6.12. The molecule has 1 unspecified atom stereocenters. The summed E-state index contributed by atoms with van der Waals surface area (Å²) in [5, 5.41) is 6.13. The standard InChI is InChI=1S/C16H24ClN3O3/c1-16(2,3)19-15(22)10-20(4)9-14(21)18-12-8-11(17)6-7-13(12)23-5/h6-8H,9-10H2,1-5H3,(H,18,21)(H,19,22)/p+1. The van der Waals surface area contributed by atoms with E-state index in [-0.39, 0.29) is 30.4 Å². The fourth-order valence-electron chi connectivity index (χ4n) is 2.05. The Kier molecular flexibility index (Phi) is 6.84. The summed E-state index contributed by atoms with van der Waals surface area (Å²) in [4.78, 5) is 24.7. The van der Waals surface area contributed by atoms with Crippen molar-refractivity contribution in [2.75, 3.05) is 32.6 Å². The Bertz CT molecular complexity index is 570. The highest BCUT2D eigenvalue weighted by atomic mass is 35.5. The number of benzene rings is 1. The van der Waals surface area contributed by atoms with Crippen molar-refractivity contribution in [1.29, 1.82) is 0 Å². The molecular formula is C16H25ClN3O3+. The van der Waals surface area contributed by atoms with Crippen molar-refractivity contribution in [2.45, 2.75) is 26.3 Å². The van der Waals surface area contributed by atoms with E-state index in [9.17, 15) is 9.59 Å². The van der Waals surface area contributed by atoms with Gasteiger partial charge in [0.1, 0.15) is 5.75 Å². The lowest BCUT2D eigenvalue weighted by molar-refractivity contribution is -0.862. The first kappa shape index (κ1) is 19.3. The number of methoxy groups -OCH3 is 1. The zero-order valence-corrected chi connectivity index (χ0v) is 15.0. The monoisotopic (exact) mass is 342 g/mol. The number of ether oxygens (including phenoxy) is 1. The summed E-state index contributed by atoms with van der Waals surface area (Å²) in [6.07, 6.45) is 0. The second kappa shape index (κ2) is 8.17. The van der Waals surface area contributed by atoms with Crippen LogP contribution in [0.1, 0.15) is 20.8 Å². The molecule has 23 heavy (non-hydrogen) atoms. The molecule has 1 rings (SSSR count). The van der Waals surface area contributed by atoms with Gasteiger partial charge in [0, 0.05) is 10.6 Å². The largest absolute Gasteiger partial charge is 0.495 e. The third-order valence-electron chi connectivity index (χ3n) is 2.87. The van der Waals surface area contributed by atoms with Crippen molar-refractivity contribution in [3.05, 3.63) is 23.2 Å². The van der Waals surface area contributed by atoms with Crippen LogP contribution in [0.15, 0.2) is 18.2 Å². The first-order valence-electron chi connectivity index (χ1n) is 7.36. The van der Waals surface area contributed by atoms with Crippen LogP contribution in [0.5, 0.6) is 5.75 Å². The molecule has 0 spiro atoms. The second-order valence-electron chi connectivity index (χ2n) is 6.50. The van der Waals surface area contributed by atoms with Gasteiger partial charge in [-0.05, 0) is 39.0 Å². The Labute approximate surface area is 142 Å². The van der Waals surface area contributed by atoms with Crippen LogP contribution in [-0.4, -0.2) is 44.6 Å². The Morgan fingerprint density at radius 3 is 2.39 bits per heavy atom. The lowest BCUT2D eigenvalue weighted by Crippen LogP contribution is -3.11. The number of rotatable bonds is 6. The molecule has 0 saturated heterocycles. The summed E-state index contributed by atoms with van der Waals surface area (Å²) in [5.74, 6) is 0.223. The van der Waals surface area contributed by atoms with E-state index in [1.807, 2.05) is 20.8 Å². The first-order chi connectivity index (χ1) is 10.6. The van der Waals surface area contributed by atoms with Gasteiger partial charge in [-0.25, -0.2) is 0 Å². The number of halogens is 1. The molecule has 3 N–H and O–H groups in total. The average molecular weight is 343 g/mol. The van der Waals surface area contributed by atoms with E-state index in [0.29, 0.717) is 16.5 Å². The number of hydrogen-bond acceptors (Lipinski definition) is 3. The molecule has 0 heterocycles. The van der Waals surface area contributed by atoms with Crippen molar-refractivity contribution in [3.63, 3.8) is 0 Å². The fourth-order valence-corrected chi connectivity index (χ4v) is 2.22. The van der Waals surface area contributed by atoms with Crippen LogP contribution in [0.4, 0.5) is 5.69 Å².